The van der Waals surface area contributed by atoms with Crippen LogP contribution >= 0.6 is 0 Å². The summed E-state index contributed by atoms with van der Waals surface area (Å²) in [5, 5.41) is 9.24. The number of carboxylic acid groups (broad SMARTS) is 1. The lowest BCUT2D eigenvalue weighted by Gasteiger charge is -2.21. The van der Waals surface area contributed by atoms with Crippen molar-refractivity contribution in [2.24, 2.45) is 17.8 Å². The number of aliphatic carboxylic acids is 1. The number of rotatable bonds is 5. The van der Waals surface area contributed by atoms with E-state index in [1.54, 1.807) is 0 Å². The van der Waals surface area contributed by atoms with Crippen molar-refractivity contribution in [2.45, 2.75) is 65.2 Å². The fraction of sp³-hybridized carbons (Fsp3) is 0.929. The Morgan fingerprint density at radius 3 is 2.56 bits per heavy atom. The molecule has 94 valence electrons. The Labute approximate surface area is 99.4 Å². The van der Waals surface area contributed by atoms with Gasteiger partial charge in [0, 0.05) is 0 Å². The Kier molecular flexibility index (Phi) is 5.86. The second-order valence-corrected chi connectivity index (χ2v) is 5.67. The molecule has 1 saturated carbocycles. The molecule has 1 rings (SSSR count). The Balaban J connectivity index is 2.41. The van der Waals surface area contributed by atoms with Crippen LogP contribution < -0.4 is 0 Å². The SMILES string of the molecule is CC(C)CCCC1CCCCCC1C(=O)O. The highest BCUT2D eigenvalue weighted by Gasteiger charge is 2.28. The van der Waals surface area contributed by atoms with Gasteiger partial charge in [-0.15, -0.1) is 0 Å². The van der Waals surface area contributed by atoms with Crippen LogP contribution in [0.15, 0.2) is 0 Å². The molecule has 1 N–H and O–H groups in total. The summed E-state index contributed by atoms with van der Waals surface area (Å²) in [6, 6.07) is 0. The van der Waals surface area contributed by atoms with E-state index in [4.69, 9.17) is 0 Å². The molecule has 0 aromatic carbocycles. The maximum absolute atomic E-state index is 11.2. The Morgan fingerprint density at radius 2 is 1.94 bits per heavy atom. The third-order valence-electron chi connectivity index (χ3n) is 3.83. The fourth-order valence-corrected chi connectivity index (χ4v) is 2.84. The summed E-state index contributed by atoms with van der Waals surface area (Å²) in [6.07, 6.45) is 9.17. The lowest BCUT2D eigenvalue weighted by molar-refractivity contribution is -0.144. The summed E-state index contributed by atoms with van der Waals surface area (Å²) in [7, 11) is 0. The van der Waals surface area contributed by atoms with E-state index in [1.165, 1.54) is 25.7 Å². The van der Waals surface area contributed by atoms with Crippen LogP contribution in [0.1, 0.15) is 65.2 Å². The molecule has 0 bridgehead atoms. The van der Waals surface area contributed by atoms with Crippen LogP contribution in [0, 0.1) is 17.8 Å². The molecule has 1 aliphatic carbocycles. The predicted molar refractivity (Wildman–Crippen MR) is 66.4 cm³/mol. The van der Waals surface area contributed by atoms with Crippen LogP contribution in [-0.2, 0) is 4.79 Å². The monoisotopic (exact) mass is 226 g/mol. The second kappa shape index (κ2) is 6.93. The zero-order valence-electron chi connectivity index (χ0n) is 10.7. The van der Waals surface area contributed by atoms with Crippen molar-refractivity contribution in [2.75, 3.05) is 0 Å². The van der Waals surface area contributed by atoms with Crippen molar-refractivity contribution >= 4 is 5.97 Å². The quantitative estimate of drug-likeness (QED) is 0.717. The highest BCUT2D eigenvalue weighted by Crippen LogP contribution is 2.32. The van der Waals surface area contributed by atoms with E-state index in [0.717, 1.165) is 31.6 Å². The van der Waals surface area contributed by atoms with Gasteiger partial charge in [-0.1, -0.05) is 46.0 Å². The predicted octanol–water partition coefficient (Wildman–Crippen LogP) is 4.09. The molecule has 0 radical (unpaired) electrons. The molecular weight excluding hydrogens is 200 g/mol. The van der Waals surface area contributed by atoms with Crippen molar-refractivity contribution < 1.29 is 9.90 Å². The molecule has 2 nitrogen and oxygen atoms in total. The van der Waals surface area contributed by atoms with E-state index in [2.05, 4.69) is 13.8 Å². The van der Waals surface area contributed by atoms with Gasteiger partial charge in [-0.25, -0.2) is 0 Å². The maximum Gasteiger partial charge on any atom is 0.306 e. The Hall–Kier alpha value is -0.530. The highest BCUT2D eigenvalue weighted by atomic mass is 16.4. The Bertz CT molecular complexity index is 211. The van der Waals surface area contributed by atoms with Crippen LogP contribution in [0.2, 0.25) is 0 Å². The van der Waals surface area contributed by atoms with Crippen molar-refractivity contribution in [3.05, 3.63) is 0 Å². The third kappa shape index (κ3) is 4.54. The molecule has 2 unspecified atom stereocenters. The largest absolute Gasteiger partial charge is 0.481 e. The molecule has 0 amide bonds. The van der Waals surface area contributed by atoms with Crippen molar-refractivity contribution in [3.63, 3.8) is 0 Å². The van der Waals surface area contributed by atoms with E-state index in [9.17, 15) is 9.90 Å². The number of carboxylic acids is 1. The van der Waals surface area contributed by atoms with Crippen molar-refractivity contribution in [1.29, 1.82) is 0 Å². The zero-order chi connectivity index (χ0) is 12.0. The van der Waals surface area contributed by atoms with Crippen LogP contribution in [0.3, 0.4) is 0 Å². The first-order valence-electron chi connectivity index (χ1n) is 6.84. The van der Waals surface area contributed by atoms with Crippen LogP contribution in [-0.4, -0.2) is 11.1 Å². The van der Waals surface area contributed by atoms with Crippen LogP contribution in [0.4, 0.5) is 0 Å². The first kappa shape index (κ1) is 13.5. The van der Waals surface area contributed by atoms with E-state index < -0.39 is 5.97 Å². The average Bonchev–Trinajstić information content (AvgIpc) is 2.42. The normalized spacial score (nSPS) is 26.7. The first-order valence-corrected chi connectivity index (χ1v) is 6.84. The summed E-state index contributed by atoms with van der Waals surface area (Å²) in [4.78, 5) is 11.2. The summed E-state index contributed by atoms with van der Waals surface area (Å²) in [5.74, 6) is 0.568. The average molecular weight is 226 g/mol. The van der Waals surface area contributed by atoms with Gasteiger partial charge in [0.15, 0.2) is 0 Å². The Morgan fingerprint density at radius 1 is 1.25 bits per heavy atom. The van der Waals surface area contributed by atoms with Gasteiger partial charge in [-0.05, 0) is 31.1 Å². The lowest BCUT2D eigenvalue weighted by Crippen LogP contribution is -2.22. The molecule has 1 fully saturated rings. The summed E-state index contributed by atoms with van der Waals surface area (Å²) in [5.41, 5.74) is 0. The maximum atomic E-state index is 11.2. The van der Waals surface area contributed by atoms with Crippen LogP contribution in [0.25, 0.3) is 0 Å². The topological polar surface area (TPSA) is 37.3 Å². The fourth-order valence-electron chi connectivity index (χ4n) is 2.84. The second-order valence-electron chi connectivity index (χ2n) is 5.67. The molecule has 0 aliphatic heterocycles. The molecule has 0 heterocycles. The van der Waals surface area contributed by atoms with Crippen LogP contribution in [0.5, 0.6) is 0 Å². The van der Waals surface area contributed by atoms with Gasteiger partial charge < -0.3 is 5.11 Å². The number of carbonyl (C=O) groups is 1. The standard InChI is InChI=1S/C14H26O2/c1-11(2)7-6-9-12-8-4-3-5-10-13(12)14(15)16/h11-13H,3-10H2,1-2H3,(H,15,16). The van der Waals surface area contributed by atoms with Gasteiger partial charge in [0.1, 0.15) is 0 Å². The molecule has 2 heteroatoms. The van der Waals surface area contributed by atoms with Gasteiger partial charge in [0.2, 0.25) is 0 Å². The third-order valence-corrected chi connectivity index (χ3v) is 3.83. The van der Waals surface area contributed by atoms with Gasteiger partial charge >= 0.3 is 5.97 Å². The summed E-state index contributed by atoms with van der Waals surface area (Å²) in [6.45, 7) is 4.48. The lowest BCUT2D eigenvalue weighted by atomic mass is 9.83. The van der Waals surface area contributed by atoms with E-state index in [1.807, 2.05) is 0 Å². The van der Waals surface area contributed by atoms with Gasteiger partial charge in [-0.3, -0.25) is 4.79 Å². The molecule has 2 atom stereocenters. The number of hydrogen-bond acceptors (Lipinski definition) is 1. The first-order chi connectivity index (χ1) is 7.61. The van der Waals surface area contributed by atoms with E-state index >= 15 is 0 Å². The van der Waals surface area contributed by atoms with Gasteiger partial charge in [0.05, 0.1) is 5.92 Å². The molecule has 16 heavy (non-hydrogen) atoms. The van der Waals surface area contributed by atoms with Gasteiger partial charge in [-0.2, -0.15) is 0 Å². The minimum atomic E-state index is -0.559. The molecular formula is C14H26O2. The van der Waals surface area contributed by atoms with Crippen molar-refractivity contribution in [3.8, 4) is 0 Å². The molecule has 1 aliphatic rings. The molecule has 0 aromatic heterocycles. The molecule has 0 spiro atoms. The molecule has 0 saturated heterocycles. The van der Waals surface area contributed by atoms with E-state index in [0.29, 0.717) is 5.92 Å². The van der Waals surface area contributed by atoms with Crippen molar-refractivity contribution in [1.82, 2.24) is 0 Å². The van der Waals surface area contributed by atoms with E-state index in [-0.39, 0.29) is 5.92 Å². The number of hydrogen-bond donors (Lipinski definition) is 1. The molecule has 0 aromatic rings. The zero-order valence-corrected chi connectivity index (χ0v) is 10.7. The minimum Gasteiger partial charge on any atom is -0.481 e. The smallest absolute Gasteiger partial charge is 0.306 e. The van der Waals surface area contributed by atoms with Gasteiger partial charge in [0.25, 0.3) is 0 Å². The summed E-state index contributed by atoms with van der Waals surface area (Å²) >= 11 is 0. The summed E-state index contributed by atoms with van der Waals surface area (Å²) < 4.78 is 0. The highest BCUT2D eigenvalue weighted by molar-refractivity contribution is 5.70. The minimum absolute atomic E-state index is 0.0605.